The Morgan fingerprint density at radius 3 is 2.52 bits per heavy atom. The third kappa shape index (κ3) is 4.77. The van der Waals surface area contributed by atoms with E-state index in [0.717, 1.165) is 30.6 Å². The molecular formula is C16H21NO3S. The highest BCUT2D eigenvalue weighted by molar-refractivity contribution is 8.00. The molecule has 0 atom stereocenters. The van der Waals surface area contributed by atoms with Gasteiger partial charge in [-0.15, -0.1) is 11.8 Å². The van der Waals surface area contributed by atoms with Gasteiger partial charge in [0.15, 0.2) is 0 Å². The summed E-state index contributed by atoms with van der Waals surface area (Å²) in [5, 5.41) is 0. The van der Waals surface area contributed by atoms with Crippen LogP contribution >= 0.6 is 11.8 Å². The number of amides is 1. The van der Waals surface area contributed by atoms with Crippen molar-refractivity contribution in [2.75, 3.05) is 19.4 Å². The minimum atomic E-state index is -0.347. The first-order valence-electron chi connectivity index (χ1n) is 7.25. The van der Waals surface area contributed by atoms with Crippen molar-refractivity contribution in [2.45, 2.75) is 36.6 Å². The SMILES string of the molecule is COC(=O)CN(C(=O)CSc1ccccc1)C1CCCC1. The maximum absolute atomic E-state index is 12.5. The van der Waals surface area contributed by atoms with Crippen LogP contribution < -0.4 is 0 Å². The van der Waals surface area contributed by atoms with Crippen LogP contribution in [0.3, 0.4) is 0 Å². The van der Waals surface area contributed by atoms with Crippen LogP contribution in [0.15, 0.2) is 35.2 Å². The van der Waals surface area contributed by atoms with Gasteiger partial charge in [-0.1, -0.05) is 31.0 Å². The van der Waals surface area contributed by atoms with Gasteiger partial charge in [-0.25, -0.2) is 0 Å². The smallest absolute Gasteiger partial charge is 0.325 e. The minimum absolute atomic E-state index is 0.0150. The van der Waals surface area contributed by atoms with E-state index in [-0.39, 0.29) is 24.5 Å². The van der Waals surface area contributed by atoms with Crippen LogP contribution in [0.25, 0.3) is 0 Å². The van der Waals surface area contributed by atoms with Gasteiger partial charge in [0, 0.05) is 10.9 Å². The topological polar surface area (TPSA) is 46.6 Å². The largest absolute Gasteiger partial charge is 0.468 e. The first-order chi connectivity index (χ1) is 10.2. The summed E-state index contributed by atoms with van der Waals surface area (Å²) in [6.45, 7) is 0.0648. The van der Waals surface area contributed by atoms with E-state index in [4.69, 9.17) is 4.74 Å². The predicted octanol–water partition coefficient (Wildman–Crippen LogP) is 2.72. The van der Waals surface area contributed by atoms with Gasteiger partial charge in [-0.05, 0) is 25.0 Å². The molecule has 0 aromatic heterocycles. The molecule has 1 aromatic carbocycles. The van der Waals surface area contributed by atoms with Gasteiger partial charge in [0.2, 0.25) is 5.91 Å². The lowest BCUT2D eigenvalue weighted by molar-refractivity contribution is -0.147. The second-order valence-electron chi connectivity index (χ2n) is 5.14. The number of methoxy groups -OCH3 is 1. The number of nitrogens with zero attached hydrogens (tertiary/aromatic N) is 1. The summed E-state index contributed by atoms with van der Waals surface area (Å²) in [5.74, 6) is 0.0263. The molecule has 21 heavy (non-hydrogen) atoms. The normalized spacial score (nSPS) is 14.9. The predicted molar refractivity (Wildman–Crippen MR) is 83.2 cm³/mol. The fraction of sp³-hybridized carbons (Fsp3) is 0.500. The number of esters is 1. The van der Waals surface area contributed by atoms with Crippen LogP contribution in [0.1, 0.15) is 25.7 Å². The number of ether oxygens (including phenoxy) is 1. The Labute approximate surface area is 129 Å². The molecule has 1 fully saturated rings. The molecule has 1 amide bonds. The Morgan fingerprint density at radius 1 is 1.24 bits per heavy atom. The van der Waals surface area contributed by atoms with Crippen molar-refractivity contribution in [1.82, 2.24) is 4.90 Å². The average molecular weight is 307 g/mol. The fourth-order valence-corrected chi connectivity index (χ4v) is 3.39. The van der Waals surface area contributed by atoms with E-state index >= 15 is 0 Å². The molecule has 0 spiro atoms. The zero-order valence-corrected chi connectivity index (χ0v) is 13.1. The van der Waals surface area contributed by atoms with Gasteiger partial charge >= 0.3 is 5.97 Å². The number of benzene rings is 1. The Hall–Kier alpha value is -1.49. The molecule has 0 unspecified atom stereocenters. The highest BCUT2D eigenvalue weighted by Crippen LogP contribution is 2.25. The molecule has 1 aromatic rings. The molecule has 5 heteroatoms. The van der Waals surface area contributed by atoms with E-state index in [1.165, 1.54) is 18.9 Å². The summed E-state index contributed by atoms with van der Waals surface area (Å²) in [6.07, 6.45) is 4.22. The number of rotatable bonds is 6. The number of carbonyl (C=O) groups is 2. The van der Waals surface area contributed by atoms with Crippen LogP contribution in [0.4, 0.5) is 0 Å². The molecule has 0 saturated heterocycles. The lowest BCUT2D eigenvalue weighted by atomic mass is 10.2. The Kier molecular flexibility index (Phi) is 6.11. The quantitative estimate of drug-likeness (QED) is 0.599. The summed E-state index contributed by atoms with van der Waals surface area (Å²) in [7, 11) is 1.36. The monoisotopic (exact) mass is 307 g/mol. The van der Waals surface area contributed by atoms with Crippen molar-refractivity contribution < 1.29 is 14.3 Å². The molecule has 0 bridgehead atoms. The average Bonchev–Trinajstić information content (AvgIpc) is 3.05. The van der Waals surface area contributed by atoms with Gasteiger partial charge in [-0.3, -0.25) is 9.59 Å². The highest BCUT2D eigenvalue weighted by atomic mass is 32.2. The summed E-state index contributed by atoms with van der Waals surface area (Å²) in [5.41, 5.74) is 0. The molecule has 0 aliphatic heterocycles. The van der Waals surface area contributed by atoms with Crippen LogP contribution in [0, 0.1) is 0 Å². The van der Waals surface area contributed by atoms with Gasteiger partial charge < -0.3 is 9.64 Å². The molecule has 0 N–H and O–H groups in total. The second kappa shape index (κ2) is 8.08. The summed E-state index contributed by atoms with van der Waals surface area (Å²) in [4.78, 5) is 26.8. The van der Waals surface area contributed by atoms with Crippen LogP contribution in [-0.4, -0.2) is 42.2 Å². The Balaban J connectivity index is 1.94. The zero-order valence-electron chi connectivity index (χ0n) is 12.3. The van der Waals surface area contributed by atoms with E-state index in [9.17, 15) is 9.59 Å². The lowest BCUT2D eigenvalue weighted by Crippen LogP contribution is -2.43. The van der Waals surface area contributed by atoms with Gasteiger partial charge in [0.05, 0.1) is 12.9 Å². The number of hydrogen-bond acceptors (Lipinski definition) is 4. The first kappa shape index (κ1) is 15.9. The third-order valence-electron chi connectivity index (χ3n) is 3.72. The molecule has 1 aliphatic rings. The van der Waals surface area contributed by atoms with E-state index in [1.807, 2.05) is 30.3 Å². The highest BCUT2D eigenvalue weighted by Gasteiger charge is 2.28. The number of thioether (sulfide) groups is 1. The molecule has 1 saturated carbocycles. The maximum Gasteiger partial charge on any atom is 0.325 e. The van der Waals surface area contributed by atoms with Crippen LogP contribution in [0.5, 0.6) is 0 Å². The molecule has 114 valence electrons. The molecular weight excluding hydrogens is 286 g/mol. The first-order valence-corrected chi connectivity index (χ1v) is 8.23. The van der Waals surface area contributed by atoms with Gasteiger partial charge in [0.1, 0.15) is 6.54 Å². The zero-order chi connectivity index (χ0) is 15.1. The molecule has 4 nitrogen and oxygen atoms in total. The van der Waals surface area contributed by atoms with Gasteiger partial charge in [0.25, 0.3) is 0 Å². The van der Waals surface area contributed by atoms with E-state index < -0.39 is 0 Å². The number of carbonyl (C=O) groups excluding carboxylic acids is 2. The van der Waals surface area contributed by atoms with Crippen molar-refractivity contribution >= 4 is 23.6 Å². The van der Waals surface area contributed by atoms with Crippen LogP contribution in [0.2, 0.25) is 0 Å². The molecule has 2 rings (SSSR count). The summed E-state index contributed by atoms with van der Waals surface area (Å²) in [6, 6.07) is 10.0. The van der Waals surface area contributed by atoms with Crippen molar-refractivity contribution in [3.05, 3.63) is 30.3 Å². The number of hydrogen-bond donors (Lipinski definition) is 0. The van der Waals surface area contributed by atoms with Crippen LogP contribution in [-0.2, 0) is 14.3 Å². The fourth-order valence-electron chi connectivity index (χ4n) is 2.59. The van der Waals surface area contributed by atoms with Crippen molar-refractivity contribution in [3.8, 4) is 0 Å². The van der Waals surface area contributed by atoms with E-state index in [1.54, 1.807) is 4.90 Å². The summed E-state index contributed by atoms with van der Waals surface area (Å²) < 4.78 is 4.71. The van der Waals surface area contributed by atoms with Crippen molar-refractivity contribution in [2.24, 2.45) is 0 Å². The molecule has 1 aliphatic carbocycles. The lowest BCUT2D eigenvalue weighted by Gasteiger charge is -2.27. The van der Waals surface area contributed by atoms with Crippen molar-refractivity contribution in [3.63, 3.8) is 0 Å². The summed E-state index contributed by atoms with van der Waals surface area (Å²) >= 11 is 1.51. The van der Waals surface area contributed by atoms with E-state index in [2.05, 4.69) is 0 Å². The molecule has 0 radical (unpaired) electrons. The molecule has 0 heterocycles. The standard InChI is InChI=1S/C16H21NO3S/c1-20-16(19)11-17(13-7-5-6-8-13)15(18)12-21-14-9-3-2-4-10-14/h2-4,9-10,13H,5-8,11-12H2,1H3. The minimum Gasteiger partial charge on any atom is -0.468 e. The third-order valence-corrected chi connectivity index (χ3v) is 4.72. The van der Waals surface area contributed by atoms with Crippen molar-refractivity contribution in [1.29, 1.82) is 0 Å². The van der Waals surface area contributed by atoms with E-state index in [0.29, 0.717) is 5.75 Å². The second-order valence-corrected chi connectivity index (χ2v) is 6.19. The maximum atomic E-state index is 12.5. The Morgan fingerprint density at radius 2 is 1.90 bits per heavy atom. The van der Waals surface area contributed by atoms with Gasteiger partial charge in [-0.2, -0.15) is 0 Å². The Bertz CT molecular complexity index is 472.